The number of piperidine rings is 1. The molecule has 0 radical (unpaired) electrons. The molecule has 1 saturated heterocycles. The molecule has 3 aromatic heterocycles. The monoisotopic (exact) mass is 440 g/mol. The highest BCUT2D eigenvalue weighted by atomic mass is 19.4. The first-order chi connectivity index (χ1) is 15.4. The number of pyridine rings is 3. The highest BCUT2D eigenvalue weighted by Crippen LogP contribution is 2.41. The summed E-state index contributed by atoms with van der Waals surface area (Å²) >= 11 is 0. The minimum Gasteiger partial charge on any atom is -0.472 e. The second-order valence-corrected chi connectivity index (χ2v) is 8.02. The Hall–Kier alpha value is -3.49. The Kier molecular flexibility index (Phi) is 5.03. The lowest BCUT2D eigenvalue weighted by Crippen LogP contribution is -2.47. The Morgan fingerprint density at radius 3 is 2.53 bits per heavy atom. The van der Waals surface area contributed by atoms with Gasteiger partial charge in [-0.2, -0.15) is 13.2 Å². The molecule has 1 saturated carbocycles. The van der Waals surface area contributed by atoms with Crippen LogP contribution in [-0.4, -0.2) is 44.4 Å². The van der Waals surface area contributed by atoms with E-state index < -0.39 is 11.7 Å². The summed E-state index contributed by atoms with van der Waals surface area (Å²) in [4.78, 5) is 27.7. The number of fused-ring (bicyclic) bond motifs is 2. The molecule has 0 N–H and O–H groups in total. The van der Waals surface area contributed by atoms with Gasteiger partial charge in [0.2, 0.25) is 5.88 Å². The highest BCUT2D eigenvalue weighted by molar-refractivity contribution is 6.00. The largest absolute Gasteiger partial charge is 0.472 e. The van der Waals surface area contributed by atoms with Gasteiger partial charge >= 0.3 is 6.18 Å². The summed E-state index contributed by atoms with van der Waals surface area (Å²) in [6.45, 7) is 0.611. The Morgan fingerprint density at radius 1 is 1.00 bits per heavy atom. The van der Waals surface area contributed by atoms with Gasteiger partial charge in [-0.1, -0.05) is 6.07 Å². The fourth-order valence-electron chi connectivity index (χ4n) is 4.54. The zero-order valence-electron chi connectivity index (χ0n) is 16.9. The van der Waals surface area contributed by atoms with Gasteiger partial charge in [-0.25, -0.2) is 4.98 Å². The van der Waals surface area contributed by atoms with Crippen molar-refractivity contribution in [2.24, 2.45) is 5.92 Å². The van der Waals surface area contributed by atoms with Crippen LogP contribution in [0.2, 0.25) is 0 Å². The summed E-state index contributed by atoms with van der Waals surface area (Å²) in [5, 5.41) is 0. The molecule has 0 unspecified atom stereocenters. The first-order valence-corrected chi connectivity index (χ1v) is 10.3. The van der Waals surface area contributed by atoms with Crippen LogP contribution < -0.4 is 4.74 Å². The second kappa shape index (κ2) is 7.89. The van der Waals surface area contributed by atoms with Crippen molar-refractivity contribution in [2.75, 3.05) is 6.54 Å². The third-order valence-electron chi connectivity index (χ3n) is 5.97. The number of ether oxygens (including phenoxy) is 1. The van der Waals surface area contributed by atoms with E-state index in [4.69, 9.17) is 4.74 Å². The van der Waals surface area contributed by atoms with E-state index in [1.807, 2.05) is 6.07 Å². The van der Waals surface area contributed by atoms with Crippen molar-refractivity contribution in [3.8, 4) is 17.3 Å². The summed E-state index contributed by atoms with van der Waals surface area (Å²) in [6.07, 6.45) is 0.789. The van der Waals surface area contributed by atoms with Gasteiger partial charge in [0.05, 0.1) is 22.9 Å². The first-order valence-electron chi connectivity index (χ1n) is 10.3. The number of alkyl halides is 3. The average molecular weight is 440 g/mol. The third-order valence-corrected chi connectivity index (χ3v) is 5.97. The molecule has 32 heavy (non-hydrogen) atoms. The van der Waals surface area contributed by atoms with Crippen LogP contribution in [0, 0.1) is 5.92 Å². The molecule has 1 aliphatic carbocycles. The van der Waals surface area contributed by atoms with E-state index >= 15 is 0 Å². The minimum atomic E-state index is -4.45. The quantitative estimate of drug-likeness (QED) is 0.607. The predicted molar refractivity (Wildman–Crippen MR) is 109 cm³/mol. The van der Waals surface area contributed by atoms with Gasteiger partial charge < -0.3 is 9.64 Å². The molecule has 6 nitrogen and oxygen atoms in total. The zero-order chi connectivity index (χ0) is 22.3. The molecule has 4 heterocycles. The van der Waals surface area contributed by atoms with Crippen LogP contribution in [0.5, 0.6) is 5.88 Å². The van der Waals surface area contributed by atoms with Crippen LogP contribution in [0.25, 0.3) is 11.4 Å². The van der Waals surface area contributed by atoms with Crippen LogP contribution in [0.4, 0.5) is 13.2 Å². The number of hydrogen-bond acceptors (Lipinski definition) is 5. The fraction of sp³-hybridized carbons (Fsp3) is 0.304. The molecule has 3 atom stereocenters. The molecule has 1 aliphatic heterocycles. The standard InChI is InChI=1S/C23H19F3N4O2/c24-23(25,26)15-6-7-20(29-12-15)32-19-11-14-10-18(19)30(13-14)22(31)16-4-3-9-28-21(16)17-5-1-2-8-27-17/h1-9,12,14,18-19H,10-11,13H2/t14-,18+,19-/m1/s1. The summed E-state index contributed by atoms with van der Waals surface area (Å²) in [5.41, 5.74) is 0.767. The van der Waals surface area contributed by atoms with Crippen LogP contribution in [-0.2, 0) is 6.18 Å². The maximum absolute atomic E-state index is 13.4. The smallest absolute Gasteiger partial charge is 0.417 e. The molecule has 5 rings (SSSR count). The zero-order valence-corrected chi connectivity index (χ0v) is 16.9. The van der Waals surface area contributed by atoms with E-state index in [9.17, 15) is 18.0 Å². The summed E-state index contributed by atoms with van der Waals surface area (Å²) in [5.74, 6) is 0.247. The summed E-state index contributed by atoms with van der Waals surface area (Å²) in [6, 6.07) is 10.9. The van der Waals surface area contributed by atoms with E-state index in [0.29, 0.717) is 23.5 Å². The van der Waals surface area contributed by atoms with Crippen LogP contribution >= 0.6 is 0 Å². The molecule has 2 fully saturated rings. The van der Waals surface area contributed by atoms with Gasteiger partial charge in [0, 0.05) is 31.2 Å². The predicted octanol–water partition coefficient (Wildman–Crippen LogP) is 4.24. The van der Waals surface area contributed by atoms with Crippen molar-refractivity contribution in [2.45, 2.75) is 31.2 Å². The van der Waals surface area contributed by atoms with E-state index in [-0.39, 0.29) is 29.9 Å². The molecule has 3 aromatic rings. The summed E-state index contributed by atoms with van der Waals surface area (Å²) < 4.78 is 44.2. The topological polar surface area (TPSA) is 68.2 Å². The van der Waals surface area contributed by atoms with Gasteiger partial charge in [0.25, 0.3) is 5.91 Å². The van der Waals surface area contributed by atoms with Gasteiger partial charge in [-0.15, -0.1) is 0 Å². The Balaban J connectivity index is 1.35. The molecule has 0 aromatic carbocycles. The maximum atomic E-state index is 13.4. The molecule has 1 amide bonds. The molecule has 164 valence electrons. The van der Waals surface area contributed by atoms with E-state index in [1.54, 1.807) is 41.6 Å². The minimum absolute atomic E-state index is 0.124. The number of halogens is 3. The Labute approximate surface area is 182 Å². The lowest BCUT2D eigenvalue weighted by atomic mass is 10.0. The molecule has 2 bridgehead atoms. The van der Waals surface area contributed by atoms with Crippen LogP contribution in [0.1, 0.15) is 28.8 Å². The van der Waals surface area contributed by atoms with E-state index in [1.165, 1.54) is 6.07 Å². The van der Waals surface area contributed by atoms with Crippen LogP contribution in [0.3, 0.4) is 0 Å². The van der Waals surface area contributed by atoms with Crippen molar-refractivity contribution in [3.05, 3.63) is 72.2 Å². The number of amides is 1. The number of hydrogen-bond donors (Lipinski definition) is 0. The van der Waals surface area contributed by atoms with Gasteiger partial charge in [-0.3, -0.25) is 14.8 Å². The summed E-state index contributed by atoms with van der Waals surface area (Å²) in [7, 11) is 0. The van der Waals surface area contributed by atoms with Crippen LogP contribution in [0.15, 0.2) is 61.1 Å². The lowest BCUT2D eigenvalue weighted by Gasteiger charge is -2.33. The fourth-order valence-corrected chi connectivity index (χ4v) is 4.54. The van der Waals surface area contributed by atoms with Gasteiger partial charge in [0.15, 0.2) is 0 Å². The number of likely N-dealkylation sites (tertiary alicyclic amines) is 1. The maximum Gasteiger partial charge on any atom is 0.417 e. The van der Waals surface area contributed by atoms with E-state index in [0.717, 1.165) is 25.1 Å². The first kappa shape index (κ1) is 20.4. The molecule has 0 spiro atoms. The van der Waals surface area contributed by atoms with Gasteiger partial charge in [-0.05, 0) is 49.1 Å². The lowest BCUT2D eigenvalue weighted by molar-refractivity contribution is -0.137. The van der Waals surface area contributed by atoms with Crippen molar-refractivity contribution >= 4 is 5.91 Å². The molecule has 9 heteroatoms. The number of nitrogens with zero attached hydrogens (tertiary/aromatic N) is 4. The van der Waals surface area contributed by atoms with Gasteiger partial charge in [0.1, 0.15) is 11.8 Å². The molecule has 2 aliphatic rings. The number of carbonyl (C=O) groups excluding carboxylic acids is 1. The highest BCUT2D eigenvalue weighted by Gasteiger charge is 2.48. The Morgan fingerprint density at radius 2 is 1.84 bits per heavy atom. The van der Waals surface area contributed by atoms with Crippen molar-refractivity contribution < 1.29 is 22.7 Å². The average Bonchev–Trinajstić information content (AvgIpc) is 3.40. The van der Waals surface area contributed by atoms with Crippen molar-refractivity contribution in [1.29, 1.82) is 0 Å². The molecular weight excluding hydrogens is 421 g/mol. The third kappa shape index (κ3) is 3.79. The Bertz CT molecular complexity index is 1120. The SMILES string of the molecule is O=C(c1cccnc1-c1ccccn1)N1C[C@H]2C[C@@H](Oc3ccc(C(F)(F)F)cn3)[C@@H]1C2. The van der Waals surface area contributed by atoms with Crippen molar-refractivity contribution in [1.82, 2.24) is 19.9 Å². The number of carbonyl (C=O) groups is 1. The number of rotatable bonds is 4. The number of aromatic nitrogens is 3. The second-order valence-electron chi connectivity index (χ2n) is 8.02. The molecular formula is C23H19F3N4O2. The van der Waals surface area contributed by atoms with Crippen molar-refractivity contribution in [3.63, 3.8) is 0 Å². The normalized spacial score (nSPS) is 22.2. The van der Waals surface area contributed by atoms with E-state index in [2.05, 4.69) is 15.0 Å².